The smallest absolute Gasteiger partial charge is 0.323 e. The number of benzene rings is 1. The number of fused-ring (bicyclic) bond motifs is 1. The molecule has 6 nitrogen and oxygen atoms in total. The summed E-state index contributed by atoms with van der Waals surface area (Å²) in [4.78, 5) is 25.2. The van der Waals surface area contributed by atoms with Crippen molar-refractivity contribution in [3.63, 3.8) is 0 Å². The molecule has 1 atom stereocenters. The van der Waals surface area contributed by atoms with Crippen LogP contribution in [-0.4, -0.2) is 53.8 Å². The number of rotatable bonds is 4. The first-order valence-electron chi connectivity index (χ1n) is 7.60. The summed E-state index contributed by atoms with van der Waals surface area (Å²) in [6, 6.07) is 4.36. The molecule has 0 spiro atoms. The highest BCUT2D eigenvalue weighted by Crippen LogP contribution is 2.32. The van der Waals surface area contributed by atoms with E-state index in [1.165, 1.54) is 11.0 Å². The molecule has 1 aromatic rings. The van der Waals surface area contributed by atoms with Crippen molar-refractivity contribution < 1.29 is 28.6 Å². The molecule has 2 aliphatic heterocycles. The van der Waals surface area contributed by atoms with E-state index in [1.807, 2.05) is 0 Å². The topological polar surface area (TPSA) is 76.1 Å². The highest BCUT2D eigenvalue weighted by Gasteiger charge is 2.37. The normalized spacial score (nSPS) is 20.7. The Bertz CT molecular complexity index is 614. The summed E-state index contributed by atoms with van der Waals surface area (Å²) in [6.07, 6.45) is 0.565. The lowest BCUT2D eigenvalue weighted by Gasteiger charge is -2.34. The van der Waals surface area contributed by atoms with Crippen molar-refractivity contribution in [1.29, 1.82) is 0 Å². The number of carbonyl (C=O) groups excluding carboxylic acids is 1. The van der Waals surface area contributed by atoms with Gasteiger partial charge < -0.3 is 19.5 Å². The standard InChI is InChI=1S/C16H18FNO5/c17-12-3-1-2-10-8-13(23-15(10)12)16(21)18(9-14(19)20)11-4-6-22-7-5-11/h1-3,11,13H,4-9H2,(H,19,20)/t13-/m1/s1. The van der Waals surface area contributed by atoms with Crippen molar-refractivity contribution in [1.82, 2.24) is 4.90 Å². The molecule has 7 heteroatoms. The van der Waals surface area contributed by atoms with E-state index in [0.717, 1.165) is 0 Å². The molecule has 0 bridgehead atoms. The van der Waals surface area contributed by atoms with E-state index in [4.69, 9.17) is 14.6 Å². The van der Waals surface area contributed by atoms with Gasteiger partial charge in [-0.3, -0.25) is 9.59 Å². The molecule has 2 aliphatic rings. The van der Waals surface area contributed by atoms with Gasteiger partial charge in [-0.15, -0.1) is 0 Å². The first-order valence-corrected chi connectivity index (χ1v) is 7.60. The SMILES string of the molecule is O=C(O)CN(C(=O)[C@H]1Cc2cccc(F)c2O1)C1CCOCC1. The first-order chi connectivity index (χ1) is 11.1. The number of hydrogen-bond acceptors (Lipinski definition) is 4. The van der Waals surface area contributed by atoms with Gasteiger partial charge in [0.25, 0.3) is 5.91 Å². The fourth-order valence-corrected chi connectivity index (χ4v) is 3.08. The third-order valence-corrected chi connectivity index (χ3v) is 4.21. The number of halogens is 1. The predicted molar refractivity (Wildman–Crippen MR) is 77.7 cm³/mol. The molecule has 1 aromatic carbocycles. The van der Waals surface area contributed by atoms with Crippen LogP contribution in [-0.2, 0) is 20.7 Å². The third kappa shape index (κ3) is 3.29. The number of aliphatic carboxylic acids is 1. The average molecular weight is 323 g/mol. The molecule has 0 aromatic heterocycles. The molecular formula is C16H18FNO5. The van der Waals surface area contributed by atoms with E-state index in [0.29, 0.717) is 31.6 Å². The van der Waals surface area contributed by atoms with Crippen LogP contribution in [0, 0.1) is 5.82 Å². The molecular weight excluding hydrogens is 305 g/mol. The minimum absolute atomic E-state index is 0.0908. The molecule has 0 radical (unpaired) electrons. The fourth-order valence-electron chi connectivity index (χ4n) is 3.08. The van der Waals surface area contributed by atoms with Gasteiger partial charge in [-0.2, -0.15) is 0 Å². The summed E-state index contributed by atoms with van der Waals surface area (Å²) in [5.74, 6) is -1.90. The van der Waals surface area contributed by atoms with Crippen molar-refractivity contribution in [2.24, 2.45) is 0 Å². The van der Waals surface area contributed by atoms with E-state index in [2.05, 4.69) is 0 Å². The largest absolute Gasteiger partial charge is 0.480 e. The van der Waals surface area contributed by atoms with Gasteiger partial charge in [0.15, 0.2) is 17.7 Å². The lowest BCUT2D eigenvalue weighted by atomic mass is 10.0. The zero-order chi connectivity index (χ0) is 16.4. The summed E-state index contributed by atoms with van der Waals surface area (Å²) >= 11 is 0. The number of ether oxygens (including phenoxy) is 2. The second kappa shape index (κ2) is 6.54. The molecule has 0 aliphatic carbocycles. The van der Waals surface area contributed by atoms with Gasteiger partial charge in [0.1, 0.15) is 6.54 Å². The Kier molecular flexibility index (Phi) is 4.47. The Morgan fingerprint density at radius 3 is 2.70 bits per heavy atom. The monoisotopic (exact) mass is 323 g/mol. The van der Waals surface area contributed by atoms with Crippen LogP contribution in [0.2, 0.25) is 0 Å². The quantitative estimate of drug-likeness (QED) is 0.902. The van der Waals surface area contributed by atoms with Crippen molar-refractivity contribution in [2.75, 3.05) is 19.8 Å². The van der Waals surface area contributed by atoms with Gasteiger partial charge >= 0.3 is 5.97 Å². The van der Waals surface area contributed by atoms with Gasteiger partial charge in [0.2, 0.25) is 0 Å². The maximum atomic E-state index is 13.7. The van der Waals surface area contributed by atoms with Crippen molar-refractivity contribution in [3.05, 3.63) is 29.6 Å². The van der Waals surface area contributed by atoms with E-state index in [9.17, 15) is 14.0 Å². The number of hydrogen-bond donors (Lipinski definition) is 1. The summed E-state index contributed by atoms with van der Waals surface area (Å²) in [5.41, 5.74) is 0.630. The molecule has 124 valence electrons. The Hall–Kier alpha value is -2.15. The van der Waals surface area contributed by atoms with Gasteiger partial charge in [-0.25, -0.2) is 4.39 Å². The summed E-state index contributed by atoms with van der Waals surface area (Å²) in [6.45, 7) is 0.602. The van der Waals surface area contributed by atoms with E-state index in [-0.39, 0.29) is 24.8 Å². The predicted octanol–water partition coefficient (Wildman–Crippen LogP) is 1.22. The molecule has 1 fully saturated rings. The molecule has 1 amide bonds. The van der Waals surface area contributed by atoms with Gasteiger partial charge in [-0.1, -0.05) is 12.1 Å². The van der Waals surface area contributed by atoms with Gasteiger partial charge in [0.05, 0.1) is 0 Å². The highest BCUT2D eigenvalue weighted by molar-refractivity contribution is 5.86. The van der Waals surface area contributed by atoms with Crippen LogP contribution < -0.4 is 4.74 Å². The van der Waals surface area contributed by atoms with Crippen LogP contribution in [0.15, 0.2) is 18.2 Å². The first kappa shape index (κ1) is 15.7. The molecule has 23 heavy (non-hydrogen) atoms. The van der Waals surface area contributed by atoms with Crippen LogP contribution >= 0.6 is 0 Å². The molecule has 0 saturated carbocycles. The van der Waals surface area contributed by atoms with Crippen molar-refractivity contribution in [3.8, 4) is 5.75 Å². The van der Waals surface area contributed by atoms with E-state index < -0.39 is 23.8 Å². The number of carbonyl (C=O) groups is 2. The summed E-state index contributed by atoms with van der Waals surface area (Å²) < 4.78 is 24.5. The van der Waals surface area contributed by atoms with E-state index in [1.54, 1.807) is 12.1 Å². The summed E-state index contributed by atoms with van der Waals surface area (Å²) in [7, 11) is 0. The molecule has 2 heterocycles. The Morgan fingerprint density at radius 2 is 2.04 bits per heavy atom. The number of amides is 1. The van der Waals surface area contributed by atoms with Crippen LogP contribution in [0.4, 0.5) is 4.39 Å². The number of carboxylic acids is 1. The van der Waals surface area contributed by atoms with Gasteiger partial charge in [0, 0.05) is 31.2 Å². The maximum absolute atomic E-state index is 13.7. The molecule has 1 N–H and O–H groups in total. The zero-order valence-corrected chi connectivity index (χ0v) is 12.5. The number of para-hydroxylation sites is 1. The number of carboxylic acid groups (broad SMARTS) is 1. The highest BCUT2D eigenvalue weighted by atomic mass is 19.1. The Labute approximate surface area is 132 Å². The van der Waals surface area contributed by atoms with Crippen LogP contribution in [0.1, 0.15) is 18.4 Å². The summed E-state index contributed by atoms with van der Waals surface area (Å²) in [5, 5.41) is 9.10. The van der Waals surface area contributed by atoms with Crippen molar-refractivity contribution >= 4 is 11.9 Å². The second-order valence-corrected chi connectivity index (χ2v) is 5.74. The zero-order valence-electron chi connectivity index (χ0n) is 12.5. The lowest BCUT2D eigenvalue weighted by molar-refractivity contribution is -0.151. The minimum atomic E-state index is -1.08. The fraction of sp³-hybridized carbons (Fsp3) is 0.500. The number of nitrogens with zero attached hydrogens (tertiary/aromatic N) is 1. The van der Waals surface area contributed by atoms with Crippen LogP contribution in [0.5, 0.6) is 5.75 Å². The van der Waals surface area contributed by atoms with E-state index >= 15 is 0 Å². The molecule has 1 saturated heterocycles. The molecule has 0 unspecified atom stereocenters. The van der Waals surface area contributed by atoms with Crippen molar-refractivity contribution in [2.45, 2.75) is 31.4 Å². The third-order valence-electron chi connectivity index (χ3n) is 4.21. The molecule has 3 rings (SSSR count). The maximum Gasteiger partial charge on any atom is 0.323 e. The lowest BCUT2D eigenvalue weighted by Crippen LogP contribution is -2.50. The minimum Gasteiger partial charge on any atom is -0.480 e. The Balaban J connectivity index is 1.76. The average Bonchev–Trinajstić information content (AvgIpc) is 2.98. The van der Waals surface area contributed by atoms with Gasteiger partial charge in [-0.05, 0) is 18.9 Å². The Morgan fingerprint density at radius 1 is 1.30 bits per heavy atom. The second-order valence-electron chi connectivity index (χ2n) is 5.74. The van der Waals surface area contributed by atoms with Crippen LogP contribution in [0.3, 0.4) is 0 Å². The van der Waals surface area contributed by atoms with Crippen LogP contribution in [0.25, 0.3) is 0 Å².